The van der Waals surface area contributed by atoms with Crippen LogP contribution in [0.3, 0.4) is 0 Å². The first-order valence-corrected chi connectivity index (χ1v) is 6.54. The molecule has 1 heterocycles. The van der Waals surface area contributed by atoms with Crippen molar-refractivity contribution in [3.63, 3.8) is 0 Å². The summed E-state index contributed by atoms with van der Waals surface area (Å²) in [7, 11) is 0. The van der Waals surface area contributed by atoms with Gasteiger partial charge in [-0.15, -0.1) is 0 Å². The van der Waals surface area contributed by atoms with E-state index in [-0.39, 0.29) is 10.6 Å². The Kier molecular flexibility index (Phi) is 3.28. The highest BCUT2D eigenvalue weighted by atomic mass is 16.6. The van der Waals surface area contributed by atoms with Crippen LogP contribution in [0.25, 0.3) is 0 Å². The number of aryl methyl sites for hydroxylation is 1. The predicted molar refractivity (Wildman–Crippen MR) is 74.5 cm³/mol. The summed E-state index contributed by atoms with van der Waals surface area (Å²) in [6, 6.07) is 6.74. The van der Waals surface area contributed by atoms with Crippen molar-refractivity contribution in [2.24, 2.45) is 0 Å². The first-order chi connectivity index (χ1) is 9.75. The average Bonchev–Trinajstić information content (AvgIpc) is 2.94. The van der Waals surface area contributed by atoms with Gasteiger partial charge in [0.25, 0.3) is 5.69 Å². The number of aromatic nitrogens is 2. The SMILES string of the molecule is O=[N+]([O-])c1ccccc1CNc1ncnc2c1CCC2. The maximum atomic E-state index is 11.0. The van der Waals surface area contributed by atoms with Crippen molar-refractivity contribution in [3.05, 3.63) is 57.5 Å². The molecule has 0 radical (unpaired) electrons. The molecular weight excluding hydrogens is 256 g/mol. The Hall–Kier alpha value is -2.50. The molecule has 0 amide bonds. The Bertz CT molecular complexity index is 657. The Morgan fingerprint density at radius 3 is 2.95 bits per heavy atom. The highest BCUT2D eigenvalue weighted by molar-refractivity contribution is 5.50. The van der Waals surface area contributed by atoms with Gasteiger partial charge < -0.3 is 5.32 Å². The minimum absolute atomic E-state index is 0.130. The van der Waals surface area contributed by atoms with Crippen molar-refractivity contribution in [3.8, 4) is 0 Å². The zero-order valence-corrected chi connectivity index (χ0v) is 10.9. The topological polar surface area (TPSA) is 81.0 Å². The van der Waals surface area contributed by atoms with Gasteiger partial charge in [-0.25, -0.2) is 9.97 Å². The molecule has 6 heteroatoms. The van der Waals surface area contributed by atoms with E-state index in [0.717, 1.165) is 36.3 Å². The largest absolute Gasteiger partial charge is 0.365 e. The van der Waals surface area contributed by atoms with E-state index in [1.165, 1.54) is 6.07 Å². The second kappa shape index (κ2) is 5.24. The van der Waals surface area contributed by atoms with Gasteiger partial charge in [-0.05, 0) is 19.3 Å². The van der Waals surface area contributed by atoms with Crippen LogP contribution < -0.4 is 5.32 Å². The molecule has 0 spiro atoms. The standard InChI is InChI=1S/C14H14N4O2/c19-18(20)13-7-2-1-4-10(13)8-15-14-11-5-3-6-12(11)16-9-17-14/h1-2,4,7,9H,3,5-6,8H2,(H,15,16,17). The minimum Gasteiger partial charge on any atom is -0.365 e. The number of rotatable bonds is 4. The van der Waals surface area contributed by atoms with Crippen LogP contribution in [0.2, 0.25) is 0 Å². The summed E-state index contributed by atoms with van der Waals surface area (Å²) < 4.78 is 0. The Labute approximate surface area is 116 Å². The smallest absolute Gasteiger partial charge is 0.274 e. The van der Waals surface area contributed by atoms with E-state index >= 15 is 0 Å². The summed E-state index contributed by atoms with van der Waals surface area (Å²) in [5.74, 6) is 0.797. The zero-order valence-electron chi connectivity index (χ0n) is 10.9. The molecule has 102 valence electrons. The maximum Gasteiger partial charge on any atom is 0.274 e. The van der Waals surface area contributed by atoms with Crippen molar-refractivity contribution in [1.82, 2.24) is 9.97 Å². The van der Waals surface area contributed by atoms with E-state index < -0.39 is 0 Å². The third-order valence-corrected chi connectivity index (χ3v) is 3.51. The monoisotopic (exact) mass is 270 g/mol. The summed E-state index contributed by atoms with van der Waals surface area (Å²) >= 11 is 0. The van der Waals surface area contributed by atoms with Gasteiger partial charge in [0.05, 0.1) is 4.92 Å². The van der Waals surface area contributed by atoms with Gasteiger partial charge in [-0.2, -0.15) is 0 Å². The number of nitrogens with one attached hydrogen (secondary N) is 1. The van der Waals surface area contributed by atoms with E-state index in [4.69, 9.17) is 0 Å². The molecule has 2 aromatic rings. The molecule has 20 heavy (non-hydrogen) atoms. The molecule has 1 aliphatic carbocycles. The van der Waals surface area contributed by atoms with Gasteiger partial charge in [-0.3, -0.25) is 10.1 Å². The fourth-order valence-corrected chi connectivity index (χ4v) is 2.53. The lowest BCUT2D eigenvalue weighted by Gasteiger charge is -2.09. The highest BCUT2D eigenvalue weighted by Crippen LogP contribution is 2.26. The number of fused-ring (bicyclic) bond motifs is 1. The second-order valence-electron chi connectivity index (χ2n) is 4.74. The third kappa shape index (κ3) is 2.32. The molecule has 0 saturated heterocycles. The van der Waals surface area contributed by atoms with Crippen LogP contribution in [-0.2, 0) is 19.4 Å². The van der Waals surface area contributed by atoms with Crippen molar-refractivity contribution in [2.75, 3.05) is 5.32 Å². The van der Waals surface area contributed by atoms with Gasteiger partial charge in [0.2, 0.25) is 0 Å². The van der Waals surface area contributed by atoms with E-state index in [9.17, 15) is 10.1 Å². The van der Waals surface area contributed by atoms with Crippen LogP contribution >= 0.6 is 0 Å². The van der Waals surface area contributed by atoms with Gasteiger partial charge in [0, 0.05) is 29.4 Å². The number of anilines is 1. The fourth-order valence-electron chi connectivity index (χ4n) is 2.53. The third-order valence-electron chi connectivity index (χ3n) is 3.51. The van der Waals surface area contributed by atoms with Crippen molar-refractivity contribution in [2.45, 2.75) is 25.8 Å². The van der Waals surface area contributed by atoms with E-state index in [1.807, 2.05) is 0 Å². The normalized spacial score (nSPS) is 13.0. The lowest BCUT2D eigenvalue weighted by Crippen LogP contribution is -2.07. The Morgan fingerprint density at radius 2 is 2.10 bits per heavy atom. The molecule has 1 N–H and O–H groups in total. The van der Waals surface area contributed by atoms with Crippen LogP contribution in [-0.4, -0.2) is 14.9 Å². The molecule has 1 aromatic heterocycles. The van der Waals surface area contributed by atoms with Gasteiger partial charge in [-0.1, -0.05) is 18.2 Å². The Morgan fingerprint density at radius 1 is 1.25 bits per heavy atom. The molecule has 0 bridgehead atoms. The molecule has 0 atom stereocenters. The van der Waals surface area contributed by atoms with Crippen molar-refractivity contribution in [1.29, 1.82) is 0 Å². The number of para-hydroxylation sites is 1. The Balaban J connectivity index is 1.81. The quantitative estimate of drug-likeness (QED) is 0.682. The average molecular weight is 270 g/mol. The lowest BCUT2D eigenvalue weighted by molar-refractivity contribution is -0.385. The molecule has 0 aliphatic heterocycles. The summed E-state index contributed by atoms with van der Waals surface area (Å²) in [4.78, 5) is 19.1. The molecule has 0 fully saturated rings. The molecule has 1 aromatic carbocycles. The molecular formula is C14H14N4O2. The number of hydrogen-bond donors (Lipinski definition) is 1. The summed E-state index contributed by atoms with van der Waals surface area (Å²) in [6.45, 7) is 0.389. The number of nitro benzene ring substituents is 1. The number of nitrogens with zero attached hydrogens (tertiary/aromatic N) is 3. The first kappa shape index (κ1) is 12.5. The first-order valence-electron chi connectivity index (χ1n) is 6.54. The van der Waals surface area contributed by atoms with Crippen molar-refractivity contribution < 1.29 is 4.92 Å². The summed E-state index contributed by atoms with van der Waals surface area (Å²) in [5.41, 5.74) is 3.02. The molecule has 1 aliphatic rings. The minimum atomic E-state index is -0.360. The molecule has 0 saturated carbocycles. The number of hydrogen-bond acceptors (Lipinski definition) is 5. The van der Waals surface area contributed by atoms with E-state index in [0.29, 0.717) is 12.1 Å². The van der Waals surface area contributed by atoms with E-state index in [2.05, 4.69) is 15.3 Å². The van der Waals surface area contributed by atoms with Crippen LogP contribution in [0.1, 0.15) is 23.2 Å². The second-order valence-corrected chi connectivity index (χ2v) is 4.74. The van der Waals surface area contributed by atoms with Gasteiger partial charge in [0.1, 0.15) is 12.1 Å². The highest BCUT2D eigenvalue weighted by Gasteiger charge is 2.18. The van der Waals surface area contributed by atoms with Crippen LogP contribution in [0.4, 0.5) is 11.5 Å². The zero-order chi connectivity index (χ0) is 13.9. The van der Waals surface area contributed by atoms with Crippen LogP contribution in [0.15, 0.2) is 30.6 Å². The molecule has 3 rings (SSSR count). The summed E-state index contributed by atoms with van der Waals surface area (Å²) in [5, 5.41) is 14.2. The number of benzene rings is 1. The molecule has 6 nitrogen and oxygen atoms in total. The predicted octanol–water partition coefficient (Wildman–Crippen LogP) is 2.49. The number of nitro groups is 1. The lowest BCUT2D eigenvalue weighted by atomic mass is 10.1. The summed E-state index contributed by atoms with van der Waals surface area (Å²) in [6.07, 6.45) is 4.59. The van der Waals surface area contributed by atoms with Crippen molar-refractivity contribution >= 4 is 11.5 Å². The van der Waals surface area contributed by atoms with Gasteiger partial charge >= 0.3 is 0 Å². The van der Waals surface area contributed by atoms with Crippen LogP contribution in [0.5, 0.6) is 0 Å². The maximum absolute atomic E-state index is 11.0. The molecule has 0 unspecified atom stereocenters. The fraction of sp³-hybridized carbons (Fsp3) is 0.286. The van der Waals surface area contributed by atoms with Gasteiger partial charge in [0.15, 0.2) is 0 Å². The van der Waals surface area contributed by atoms with E-state index in [1.54, 1.807) is 24.5 Å². The van der Waals surface area contributed by atoms with Crippen LogP contribution in [0, 0.1) is 10.1 Å².